The Bertz CT molecular complexity index is 303. The van der Waals surface area contributed by atoms with E-state index in [0.29, 0.717) is 5.02 Å². The molecule has 66 valence electrons. The number of hydrogen-bond donors (Lipinski definition) is 1. The minimum atomic E-state index is -1.16. The van der Waals surface area contributed by atoms with Crippen LogP contribution in [0.4, 0.5) is 0 Å². The van der Waals surface area contributed by atoms with Crippen molar-refractivity contribution in [2.24, 2.45) is 0 Å². The van der Waals surface area contributed by atoms with Crippen molar-refractivity contribution in [3.8, 4) is 0 Å². The number of hydrogen-bond acceptors (Lipinski definition) is 2. The van der Waals surface area contributed by atoms with Crippen LogP contribution in [0.5, 0.6) is 0 Å². The second kappa shape index (κ2) is 4.50. The molecule has 0 aliphatic rings. The van der Waals surface area contributed by atoms with Gasteiger partial charge < -0.3 is 5.11 Å². The van der Waals surface area contributed by atoms with Crippen molar-refractivity contribution in [3.63, 3.8) is 0 Å². The molecule has 0 amide bonds. The van der Waals surface area contributed by atoms with Crippen LogP contribution in [-0.2, 0) is 0 Å². The van der Waals surface area contributed by atoms with Crippen LogP contribution in [0.15, 0.2) is 12.3 Å². The molecule has 0 bridgehead atoms. The molecule has 0 spiro atoms. The van der Waals surface area contributed by atoms with E-state index in [1.54, 1.807) is 0 Å². The van der Waals surface area contributed by atoms with Gasteiger partial charge in [0.15, 0.2) is 5.69 Å². The zero-order valence-electron chi connectivity index (χ0n) is 5.62. The number of aromatic nitrogens is 1. The van der Waals surface area contributed by atoms with Crippen molar-refractivity contribution < 1.29 is 9.90 Å². The molecule has 1 aromatic heterocycles. The number of carboxylic acid groups (broad SMARTS) is 1. The van der Waals surface area contributed by atoms with Crippen LogP contribution in [0.2, 0.25) is 10.0 Å². The highest BCUT2D eigenvalue weighted by atomic mass is 35.5. The lowest BCUT2D eigenvalue weighted by Crippen LogP contribution is -2.00. The van der Waals surface area contributed by atoms with E-state index < -0.39 is 5.97 Å². The first-order valence-corrected chi connectivity index (χ1v) is 3.41. The van der Waals surface area contributed by atoms with Gasteiger partial charge in [-0.2, -0.15) is 0 Å². The quantitative estimate of drug-likeness (QED) is 0.803. The summed E-state index contributed by atoms with van der Waals surface area (Å²) in [5, 5.41) is 8.83. The van der Waals surface area contributed by atoms with Gasteiger partial charge in [-0.15, -0.1) is 12.4 Å². The SMILES string of the molecule is Cl.O=C(O)c1ncc(Cl)cc1Cl. The molecule has 3 nitrogen and oxygen atoms in total. The standard InChI is InChI=1S/C6H3Cl2NO2.ClH/c7-3-1-4(8)5(6(10)11)9-2-3;/h1-2H,(H,10,11);1H. The van der Waals surface area contributed by atoms with Crippen LogP contribution in [0.1, 0.15) is 10.5 Å². The molecule has 1 rings (SSSR count). The third-order valence-electron chi connectivity index (χ3n) is 1.01. The summed E-state index contributed by atoms with van der Waals surface area (Å²) in [6, 6.07) is 1.33. The largest absolute Gasteiger partial charge is 0.476 e. The third-order valence-corrected chi connectivity index (χ3v) is 1.51. The highest BCUT2D eigenvalue weighted by Crippen LogP contribution is 2.17. The molecule has 12 heavy (non-hydrogen) atoms. The Morgan fingerprint density at radius 3 is 2.50 bits per heavy atom. The van der Waals surface area contributed by atoms with Gasteiger partial charge in [-0.1, -0.05) is 23.2 Å². The normalized spacial score (nSPS) is 8.83. The van der Waals surface area contributed by atoms with Gasteiger partial charge in [0.05, 0.1) is 10.0 Å². The first-order valence-electron chi connectivity index (χ1n) is 2.65. The molecule has 1 N–H and O–H groups in total. The Hall–Kier alpha value is -0.510. The second-order valence-corrected chi connectivity index (χ2v) is 2.63. The fourth-order valence-corrected chi connectivity index (χ4v) is 1.03. The average Bonchev–Trinajstić information content (AvgIpc) is 1.85. The minimum absolute atomic E-state index is 0. The van der Waals surface area contributed by atoms with E-state index in [-0.39, 0.29) is 23.1 Å². The molecule has 0 saturated heterocycles. The van der Waals surface area contributed by atoms with Crippen molar-refractivity contribution in [1.29, 1.82) is 0 Å². The first-order chi connectivity index (χ1) is 5.11. The number of nitrogens with zero attached hydrogens (tertiary/aromatic N) is 1. The van der Waals surface area contributed by atoms with E-state index in [1.807, 2.05) is 0 Å². The summed E-state index contributed by atoms with van der Waals surface area (Å²) >= 11 is 11.0. The zero-order valence-corrected chi connectivity index (χ0v) is 7.95. The Kier molecular flexibility index (Phi) is 4.31. The molecule has 0 radical (unpaired) electrons. The van der Waals surface area contributed by atoms with E-state index in [9.17, 15) is 4.79 Å². The summed E-state index contributed by atoms with van der Waals surface area (Å²) in [6.07, 6.45) is 1.23. The smallest absolute Gasteiger partial charge is 0.356 e. The minimum Gasteiger partial charge on any atom is -0.476 e. The molecule has 0 saturated carbocycles. The van der Waals surface area contributed by atoms with E-state index in [0.717, 1.165) is 0 Å². The zero-order chi connectivity index (χ0) is 8.43. The summed E-state index contributed by atoms with van der Waals surface area (Å²) in [4.78, 5) is 13.9. The van der Waals surface area contributed by atoms with E-state index >= 15 is 0 Å². The Morgan fingerprint density at radius 2 is 2.08 bits per heavy atom. The molecule has 0 unspecified atom stereocenters. The monoisotopic (exact) mass is 227 g/mol. The lowest BCUT2D eigenvalue weighted by Gasteiger charge is -1.95. The molecule has 0 atom stereocenters. The first kappa shape index (κ1) is 11.5. The molecule has 0 aliphatic heterocycles. The number of rotatable bonds is 1. The van der Waals surface area contributed by atoms with E-state index in [2.05, 4.69) is 4.98 Å². The van der Waals surface area contributed by atoms with Gasteiger partial charge in [0.25, 0.3) is 0 Å². The van der Waals surface area contributed by atoms with Crippen LogP contribution >= 0.6 is 35.6 Å². The fourth-order valence-electron chi connectivity index (χ4n) is 0.572. The maximum absolute atomic E-state index is 10.3. The van der Waals surface area contributed by atoms with Crippen molar-refractivity contribution in [2.45, 2.75) is 0 Å². The number of aromatic carboxylic acids is 1. The van der Waals surface area contributed by atoms with Crippen molar-refractivity contribution in [3.05, 3.63) is 28.0 Å². The summed E-state index contributed by atoms with van der Waals surface area (Å²) in [6.45, 7) is 0. The maximum atomic E-state index is 10.3. The van der Waals surface area contributed by atoms with Crippen LogP contribution in [0.3, 0.4) is 0 Å². The lowest BCUT2D eigenvalue weighted by atomic mass is 10.3. The Labute approximate surface area is 84.7 Å². The van der Waals surface area contributed by atoms with Crippen LogP contribution in [0, 0.1) is 0 Å². The topological polar surface area (TPSA) is 50.2 Å². The molecule has 1 aromatic rings. The van der Waals surface area contributed by atoms with E-state index in [4.69, 9.17) is 28.3 Å². The van der Waals surface area contributed by atoms with Crippen molar-refractivity contribution in [1.82, 2.24) is 4.98 Å². The van der Waals surface area contributed by atoms with Gasteiger partial charge in [-0.05, 0) is 6.07 Å². The molecular formula is C6H4Cl3NO2. The van der Waals surface area contributed by atoms with Gasteiger partial charge in [0, 0.05) is 6.20 Å². The molecular weight excluding hydrogens is 224 g/mol. The fraction of sp³-hybridized carbons (Fsp3) is 0. The van der Waals surface area contributed by atoms with Gasteiger partial charge in [-0.25, -0.2) is 9.78 Å². The van der Waals surface area contributed by atoms with Crippen molar-refractivity contribution >= 4 is 41.6 Å². The van der Waals surface area contributed by atoms with Gasteiger partial charge in [-0.3, -0.25) is 0 Å². The second-order valence-electron chi connectivity index (χ2n) is 1.79. The highest BCUT2D eigenvalue weighted by molar-refractivity contribution is 6.36. The molecule has 1 heterocycles. The predicted molar refractivity (Wildman–Crippen MR) is 48.5 cm³/mol. The van der Waals surface area contributed by atoms with Gasteiger partial charge >= 0.3 is 5.97 Å². The molecule has 6 heteroatoms. The number of carbonyl (C=O) groups is 1. The summed E-state index contributed by atoms with van der Waals surface area (Å²) in [5.74, 6) is -1.16. The van der Waals surface area contributed by atoms with Gasteiger partial charge in [0.1, 0.15) is 0 Å². The van der Waals surface area contributed by atoms with Crippen LogP contribution in [-0.4, -0.2) is 16.1 Å². The third kappa shape index (κ3) is 2.52. The number of carboxylic acids is 1. The summed E-state index contributed by atoms with van der Waals surface area (Å²) in [7, 11) is 0. The summed E-state index contributed by atoms with van der Waals surface area (Å²) < 4.78 is 0. The molecule has 0 fully saturated rings. The Morgan fingerprint density at radius 1 is 1.50 bits per heavy atom. The Balaban J connectivity index is 0.00000121. The molecule has 0 aliphatic carbocycles. The lowest BCUT2D eigenvalue weighted by molar-refractivity contribution is 0.0691. The maximum Gasteiger partial charge on any atom is 0.356 e. The predicted octanol–water partition coefficient (Wildman–Crippen LogP) is 2.51. The number of pyridine rings is 1. The van der Waals surface area contributed by atoms with Crippen LogP contribution < -0.4 is 0 Å². The number of halogens is 3. The highest BCUT2D eigenvalue weighted by Gasteiger charge is 2.09. The van der Waals surface area contributed by atoms with Gasteiger partial charge in [0.2, 0.25) is 0 Å². The van der Waals surface area contributed by atoms with Crippen molar-refractivity contribution in [2.75, 3.05) is 0 Å². The van der Waals surface area contributed by atoms with E-state index in [1.165, 1.54) is 12.3 Å². The van der Waals surface area contributed by atoms with Crippen LogP contribution in [0.25, 0.3) is 0 Å². The average molecular weight is 228 g/mol. The molecule has 0 aromatic carbocycles. The summed E-state index contributed by atoms with van der Waals surface area (Å²) in [5.41, 5.74) is -0.184.